The molecule has 0 bridgehead atoms. The molecule has 0 spiro atoms. The molecule has 3 aromatic rings. The first-order valence-electron chi connectivity index (χ1n) is 11.0. The summed E-state index contributed by atoms with van der Waals surface area (Å²) in [5.41, 5.74) is 6.90. The summed E-state index contributed by atoms with van der Waals surface area (Å²) in [6, 6.07) is 25.1. The molecule has 1 amide bonds. The first-order chi connectivity index (χ1) is 15.1. The van der Waals surface area contributed by atoms with Crippen LogP contribution in [0.2, 0.25) is 0 Å². The van der Waals surface area contributed by atoms with Crippen LogP contribution in [0.3, 0.4) is 0 Å². The van der Waals surface area contributed by atoms with E-state index in [0.717, 1.165) is 49.5 Å². The van der Waals surface area contributed by atoms with Crippen molar-refractivity contribution in [3.05, 3.63) is 95.1 Å². The SMILES string of the molecule is Cc1ccc(CC(=O)Nc2ccc(N3CCN(Cc4ccccc4)CC3)cc2)c(C)c1. The van der Waals surface area contributed by atoms with Crippen molar-refractivity contribution in [2.75, 3.05) is 36.4 Å². The number of carbonyl (C=O) groups excluding carboxylic acids is 1. The Labute approximate surface area is 185 Å². The number of nitrogens with zero attached hydrogens (tertiary/aromatic N) is 2. The topological polar surface area (TPSA) is 35.6 Å². The predicted octanol–water partition coefficient (Wildman–Crippen LogP) is 4.81. The van der Waals surface area contributed by atoms with Crippen molar-refractivity contribution in [1.29, 1.82) is 0 Å². The summed E-state index contributed by atoms with van der Waals surface area (Å²) in [7, 11) is 0. The van der Waals surface area contributed by atoms with Gasteiger partial charge in [-0.3, -0.25) is 9.69 Å². The van der Waals surface area contributed by atoms with Crippen LogP contribution in [-0.4, -0.2) is 37.0 Å². The standard InChI is InChI=1S/C27H31N3O/c1-21-8-9-24(22(2)18-21)19-27(31)28-25-10-12-26(13-11-25)30-16-14-29(15-17-30)20-23-6-4-3-5-7-23/h3-13,18H,14-17,19-20H2,1-2H3,(H,28,31). The van der Waals surface area contributed by atoms with Crippen molar-refractivity contribution < 1.29 is 4.79 Å². The third kappa shape index (κ3) is 5.74. The third-order valence-corrected chi connectivity index (χ3v) is 5.99. The Balaban J connectivity index is 1.28. The van der Waals surface area contributed by atoms with Gasteiger partial charge in [0.05, 0.1) is 6.42 Å². The molecule has 4 nitrogen and oxygen atoms in total. The lowest BCUT2D eigenvalue weighted by Gasteiger charge is -2.36. The van der Waals surface area contributed by atoms with E-state index in [9.17, 15) is 4.79 Å². The van der Waals surface area contributed by atoms with E-state index in [-0.39, 0.29) is 5.91 Å². The van der Waals surface area contributed by atoms with Crippen molar-refractivity contribution >= 4 is 17.3 Å². The van der Waals surface area contributed by atoms with E-state index in [1.54, 1.807) is 0 Å². The molecular formula is C27H31N3O. The fourth-order valence-corrected chi connectivity index (χ4v) is 4.18. The summed E-state index contributed by atoms with van der Waals surface area (Å²) < 4.78 is 0. The van der Waals surface area contributed by atoms with E-state index in [1.807, 2.05) is 18.2 Å². The maximum absolute atomic E-state index is 12.5. The number of benzene rings is 3. The molecule has 1 heterocycles. The Bertz CT molecular complexity index is 1010. The second-order valence-corrected chi connectivity index (χ2v) is 8.45. The van der Waals surface area contributed by atoms with E-state index < -0.39 is 0 Å². The molecule has 1 saturated heterocycles. The van der Waals surface area contributed by atoms with Gasteiger partial charge >= 0.3 is 0 Å². The van der Waals surface area contributed by atoms with Gasteiger partial charge in [-0.1, -0.05) is 54.1 Å². The number of carbonyl (C=O) groups is 1. The van der Waals surface area contributed by atoms with Gasteiger partial charge in [0.1, 0.15) is 0 Å². The molecule has 1 N–H and O–H groups in total. The van der Waals surface area contributed by atoms with Gasteiger partial charge in [-0.15, -0.1) is 0 Å². The van der Waals surface area contributed by atoms with Crippen LogP contribution in [0.5, 0.6) is 0 Å². The molecule has 160 valence electrons. The smallest absolute Gasteiger partial charge is 0.228 e. The van der Waals surface area contributed by atoms with Crippen LogP contribution in [-0.2, 0) is 17.8 Å². The van der Waals surface area contributed by atoms with Crippen LogP contribution in [0, 0.1) is 13.8 Å². The van der Waals surface area contributed by atoms with Crippen molar-refractivity contribution in [1.82, 2.24) is 4.90 Å². The minimum atomic E-state index is 0.0224. The van der Waals surface area contributed by atoms with Crippen molar-refractivity contribution in [2.24, 2.45) is 0 Å². The molecule has 0 aromatic heterocycles. The molecule has 0 atom stereocenters. The average Bonchev–Trinajstić information content (AvgIpc) is 2.78. The summed E-state index contributed by atoms with van der Waals surface area (Å²) in [6.07, 6.45) is 0.400. The van der Waals surface area contributed by atoms with E-state index in [1.165, 1.54) is 16.8 Å². The average molecular weight is 414 g/mol. The third-order valence-electron chi connectivity index (χ3n) is 5.99. The van der Waals surface area contributed by atoms with Crippen LogP contribution in [0.4, 0.5) is 11.4 Å². The normalized spacial score (nSPS) is 14.5. The summed E-state index contributed by atoms with van der Waals surface area (Å²) in [6.45, 7) is 9.30. The quantitative estimate of drug-likeness (QED) is 0.630. The van der Waals surface area contributed by atoms with Crippen LogP contribution in [0.1, 0.15) is 22.3 Å². The van der Waals surface area contributed by atoms with Crippen molar-refractivity contribution in [3.8, 4) is 0 Å². The lowest BCUT2D eigenvalue weighted by atomic mass is 10.0. The lowest BCUT2D eigenvalue weighted by molar-refractivity contribution is -0.115. The molecular weight excluding hydrogens is 382 g/mol. The Hall–Kier alpha value is -3.11. The van der Waals surface area contributed by atoms with Crippen LogP contribution in [0.15, 0.2) is 72.8 Å². The highest BCUT2D eigenvalue weighted by molar-refractivity contribution is 5.92. The summed E-state index contributed by atoms with van der Waals surface area (Å²) in [5.74, 6) is 0.0224. The van der Waals surface area contributed by atoms with Crippen LogP contribution >= 0.6 is 0 Å². The van der Waals surface area contributed by atoms with E-state index in [0.29, 0.717) is 6.42 Å². The van der Waals surface area contributed by atoms with Crippen LogP contribution in [0.25, 0.3) is 0 Å². The highest BCUT2D eigenvalue weighted by atomic mass is 16.1. The molecule has 0 aliphatic carbocycles. The predicted molar refractivity (Wildman–Crippen MR) is 129 cm³/mol. The maximum atomic E-state index is 12.5. The molecule has 1 aliphatic rings. The highest BCUT2D eigenvalue weighted by Gasteiger charge is 2.17. The number of rotatable bonds is 6. The zero-order valence-corrected chi connectivity index (χ0v) is 18.5. The molecule has 0 saturated carbocycles. The minimum Gasteiger partial charge on any atom is -0.369 e. The molecule has 1 fully saturated rings. The Morgan fingerprint density at radius 1 is 0.871 bits per heavy atom. The largest absolute Gasteiger partial charge is 0.369 e. The van der Waals surface area contributed by atoms with Gasteiger partial charge in [-0.05, 0) is 54.8 Å². The number of hydrogen-bond acceptors (Lipinski definition) is 3. The second-order valence-electron chi connectivity index (χ2n) is 8.45. The molecule has 4 heteroatoms. The Morgan fingerprint density at radius 2 is 1.58 bits per heavy atom. The molecule has 3 aromatic carbocycles. The summed E-state index contributed by atoms with van der Waals surface area (Å²) in [4.78, 5) is 17.4. The molecule has 1 aliphatic heterocycles. The summed E-state index contributed by atoms with van der Waals surface area (Å²) >= 11 is 0. The van der Waals surface area contributed by atoms with Gasteiger partial charge in [-0.25, -0.2) is 0 Å². The lowest BCUT2D eigenvalue weighted by Crippen LogP contribution is -2.45. The molecule has 4 rings (SSSR count). The number of amides is 1. The first kappa shape index (κ1) is 21.1. The van der Waals surface area contributed by atoms with Gasteiger partial charge in [0.25, 0.3) is 0 Å². The minimum absolute atomic E-state index is 0.0224. The number of hydrogen-bond donors (Lipinski definition) is 1. The maximum Gasteiger partial charge on any atom is 0.228 e. The van der Waals surface area contributed by atoms with Crippen LogP contribution < -0.4 is 10.2 Å². The first-order valence-corrected chi connectivity index (χ1v) is 11.0. The van der Waals surface area contributed by atoms with Gasteiger partial charge < -0.3 is 10.2 Å². The fourth-order valence-electron chi connectivity index (χ4n) is 4.18. The number of anilines is 2. The fraction of sp³-hybridized carbons (Fsp3) is 0.296. The van der Waals surface area contributed by atoms with Crippen molar-refractivity contribution in [3.63, 3.8) is 0 Å². The number of aryl methyl sites for hydroxylation is 2. The van der Waals surface area contributed by atoms with Gasteiger partial charge in [-0.2, -0.15) is 0 Å². The Kier molecular flexibility index (Phi) is 6.68. The second kappa shape index (κ2) is 9.80. The highest BCUT2D eigenvalue weighted by Crippen LogP contribution is 2.21. The molecule has 0 unspecified atom stereocenters. The zero-order valence-electron chi connectivity index (χ0n) is 18.5. The number of piperazine rings is 1. The van der Waals surface area contributed by atoms with Gasteiger partial charge in [0.15, 0.2) is 0 Å². The Morgan fingerprint density at radius 3 is 2.26 bits per heavy atom. The zero-order chi connectivity index (χ0) is 21.6. The van der Waals surface area contributed by atoms with Gasteiger partial charge in [0, 0.05) is 44.1 Å². The summed E-state index contributed by atoms with van der Waals surface area (Å²) in [5, 5.41) is 3.03. The molecule has 0 radical (unpaired) electrons. The number of nitrogens with one attached hydrogen (secondary N) is 1. The van der Waals surface area contributed by atoms with E-state index >= 15 is 0 Å². The monoisotopic (exact) mass is 413 g/mol. The van der Waals surface area contributed by atoms with Gasteiger partial charge in [0.2, 0.25) is 5.91 Å². The molecule has 31 heavy (non-hydrogen) atoms. The van der Waals surface area contributed by atoms with Crippen molar-refractivity contribution in [2.45, 2.75) is 26.8 Å². The van der Waals surface area contributed by atoms with E-state index in [2.05, 4.69) is 83.6 Å². The van der Waals surface area contributed by atoms with E-state index in [4.69, 9.17) is 0 Å².